The van der Waals surface area contributed by atoms with Crippen LogP contribution >= 0.6 is 23.2 Å². The average Bonchev–Trinajstić information content (AvgIpc) is 2.99. The van der Waals surface area contributed by atoms with Gasteiger partial charge in [-0.15, -0.1) is 0 Å². The van der Waals surface area contributed by atoms with Crippen LogP contribution in [0.3, 0.4) is 0 Å². The summed E-state index contributed by atoms with van der Waals surface area (Å²) in [6.45, 7) is 4.29. The van der Waals surface area contributed by atoms with Crippen LogP contribution in [0.15, 0.2) is 106 Å². The molecule has 0 saturated carbocycles. The van der Waals surface area contributed by atoms with Crippen LogP contribution in [0.4, 0.5) is 11.4 Å². The molecule has 0 unspecified atom stereocenters. The van der Waals surface area contributed by atoms with Crippen LogP contribution in [0.2, 0.25) is 10.0 Å². The third-order valence-corrected chi connectivity index (χ3v) is 8.02. The zero-order chi connectivity index (χ0) is 28.3. The lowest BCUT2D eigenvalue weighted by molar-refractivity contribution is 0.102. The van der Waals surface area contributed by atoms with E-state index < -0.39 is 5.63 Å². The molecule has 1 N–H and O–H groups in total. The summed E-state index contributed by atoms with van der Waals surface area (Å²) in [6.07, 6.45) is 0. The molecule has 0 aliphatic carbocycles. The number of rotatable bonds is 6. The molecule has 6 nitrogen and oxygen atoms in total. The number of benzene rings is 4. The molecule has 0 atom stereocenters. The Balaban J connectivity index is 1.12. The molecular formula is C33H27Cl2N3O3. The monoisotopic (exact) mass is 583 g/mol. The maximum absolute atomic E-state index is 13.1. The molecule has 6 rings (SSSR count). The van der Waals surface area contributed by atoms with Gasteiger partial charge in [0.25, 0.3) is 5.91 Å². The maximum atomic E-state index is 13.1. The van der Waals surface area contributed by atoms with Gasteiger partial charge in [-0.2, -0.15) is 0 Å². The van der Waals surface area contributed by atoms with Crippen molar-refractivity contribution in [3.63, 3.8) is 0 Å². The van der Waals surface area contributed by atoms with Gasteiger partial charge in [0.2, 0.25) is 0 Å². The smallest absolute Gasteiger partial charge is 0.344 e. The van der Waals surface area contributed by atoms with Crippen molar-refractivity contribution in [1.29, 1.82) is 0 Å². The van der Waals surface area contributed by atoms with Gasteiger partial charge in [0, 0.05) is 54.4 Å². The highest BCUT2D eigenvalue weighted by Gasteiger charge is 2.20. The summed E-state index contributed by atoms with van der Waals surface area (Å²) < 4.78 is 5.47. The van der Waals surface area contributed by atoms with E-state index in [0.29, 0.717) is 33.0 Å². The van der Waals surface area contributed by atoms with Crippen molar-refractivity contribution in [2.24, 2.45) is 0 Å². The van der Waals surface area contributed by atoms with Gasteiger partial charge in [0.1, 0.15) is 5.58 Å². The van der Waals surface area contributed by atoms with E-state index in [0.717, 1.165) is 54.4 Å². The van der Waals surface area contributed by atoms with Crippen molar-refractivity contribution in [1.82, 2.24) is 4.90 Å². The van der Waals surface area contributed by atoms with Gasteiger partial charge in [-0.1, -0.05) is 71.7 Å². The number of para-hydroxylation sites is 1. The van der Waals surface area contributed by atoms with Crippen molar-refractivity contribution in [3.8, 4) is 11.1 Å². The van der Waals surface area contributed by atoms with Crippen molar-refractivity contribution < 1.29 is 9.21 Å². The molecule has 1 aliphatic rings. The average molecular weight is 585 g/mol. The van der Waals surface area contributed by atoms with E-state index in [1.807, 2.05) is 48.5 Å². The van der Waals surface area contributed by atoms with Crippen LogP contribution in [-0.2, 0) is 6.54 Å². The molecule has 1 saturated heterocycles. The van der Waals surface area contributed by atoms with Crippen molar-refractivity contribution in [2.75, 3.05) is 36.4 Å². The first-order valence-corrected chi connectivity index (χ1v) is 14.2. The lowest BCUT2D eigenvalue weighted by Gasteiger charge is -2.36. The first kappa shape index (κ1) is 27.1. The van der Waals surface area contributed by atoms with Gasteiger partial charge in [-0.25, -0.2) is 4.79 Å². The fraction of sp³-hybridized carbons (Fsp3) is 0.152. The number of anilines is 2. The van der Waals surface area contributed by atoms with Gasteiger partial charge < -0.3 is 14.6 Å². The lowest BCUT2D eigenvalue weighted by Crippen LogP contribution is -2.46. The molecule has 8 heteroatoms. The highest BCUT2D eigenvalue weighted by molar-refractivity contribution is 6.33. The zero-order valence-electron chi connectivity index (χ0n) is 22.1. The van der Waals surface area contributed by atoms with Crippen LogP contribution in [0.25, 0.3) is 22.1 Å². The Morgan fingerprint density at radius 3 is 2.39 bits per heavy atom. The second-order valence-corrected chi connectivity index (χ2v) is 10.9. The molecule has 0 radical (unpaired) electrons. The number of nitrogens with one attached hydrogen (secondary N) is 1. The molecule has 0 spiro atoms. The Morgan fingerprint density at radius 1 is 0.805 bits per heavy atom. The minimum Gasteiger partial charge on any atom is -0.422 e. The SMILES string of the molecule is O=C(Nc1ccc(N2CCN(Cc3ccccc3Cl)CC2)c(Cl)c1)c1cccc(-c2cc3ccccc3oc2=O)c1. The highest BCUT2D eigenvalue weighted by atomic mass is 35.5. The number of amides is 1. The number of hydrogen-bond donors (Lipinski definition) is 1. The van der Waals surface area contributed by atoms with E-state index in [-0.39, 0.29) is 5.91 Å². The van der Waals surface area contributed by atoms with Gasteiger partial charge in [0.05, 0.1) is 16.3 Å². The lowest BCUT2D eigenvalue weighted by atomic mass is 10.0. The molecular weight excluding hydrogens is 557 g/mol. The second kappa shape index (κ2) is 11.8. The summed E-state index contributed by atoms with van der Waals surface area (Å²) >= 11 is 13.0. The molecule has 4 aromatic carbocycles. The molecule has 206 valence electrons. The molecule has 1 aromatic heterocycles. The fourth-order valence-electron chi connectivity index (χ4n) is 5.15. The van der Waals surface area contributed by atoms with Gasteiger partial charge in [-0.05, 0) is 59.7 Å². The molecule has 1 aliphatic heterocycles. The number of halogens is 2. The van der Waals surface area contributed by atoms with Crippen LogP contribution in [-0.4, -0.2) is 37.0 Å². The number of hydrogen-bond acceptors (Lipinski definition) is 5. The van der Waals surface area contributed by atoms with Crippen LogP contribution in [0.5, 0.6) is 0 Å². The third kappa shape index (κ3) is 6.00. The predicted octanol–water partition coefficient (Wildman–Crippen LogP) is 7.34. The van der Waals surface area contributed by atoms with Crippen LogP contribution < -0.4 is 15.8 Å². The summed E-state index contributed by atoms with van der Waals surface area (Å²) in [5.74, 6) is -0.297. The topological polar surface area (TPSA) is 65.8 Å². The van der Waals surface area contributed by atoms with Crippen LogP contribution in [0.1, 0.15) is 15.9 Å². The minimum atomic E-state index is -0.451. The van der Waals surface area contributed by atoms with E-state index in [1.165, 1.54) is 0 Å². The summed E-state index contributed by atoms with van der Waals surface area (Å²) in [7, 11) is 0. The summed E-state index contributed by atoms with van der Waals surface area (Å²) in [5, 5.41) is 5.11. The van der Waals surface area contributed by atoms with Crippen molar-refractivity contribution >= 4 is 51.5 Å². The number of fused-ring (bicyclic) bond motifs is 1. The molecule has 5 aromatic rings. The molecule has 0 bridgehead atoms. The van der Waals surface area contributed by atoms with E-state index in [2.05, 4.69) is 21.2 Å². The number of nitrogens with zero attached hydrogens (tertiary/aromatic N) is 2. The fourth-order valence-corrected chi connectivity index (χ4v) is 5.65. The number of piperazine rings is 1. The summed E-state index contributed by atoms with van der Waals surface area (Å²) in [6, 6.07) is 29.6. The third-order valence-electron chi connectivity index (χ3n) is 7.35. The number of carbonyl (C=O) groups excluding carboxylic acids is 1. The normalized spacial score (nSPS) is 13.9. The number of carbonyl (C=O) groups is 1. The molecule has 1 amide bonds. The van der Waals surface area contributed by atoms with E-state index in [4.69, 9.17) is 27.6 Å². The van der Waals surface area contributed by atoms with Crippen molar-refractivity contribution in [2.45, 2.75) is 6.54 Å². The van der Waals surface area contributed by atoms with E-state index >= 15 is 0 Å². The van der Waals surface area contributed by atoms with Gasteiger partial charge >= 0.3 is 5.63 Å². The largest absolute Gasteiger partial charge is 0.422 e. The Hall–Kier alpha value is -4.10. The Bertz CT molecular complexity index is 1790. The second-order valence-electron chi connectivity index (χ2n) is 10.0. The maximum Gasteiger partial charge on any atom is 0.344 e. The molecule has 1 fully saturated rings. The van der Waals surface area contributed by atoms with Crippen molar-refractivity contribution in [3.05, 3.63) is 129 Å². The predicted molar refractivity (Wildman–Crippen MR) is 166 cm³/mol. The molecule has 2 heterocycles. The van der Waals surface area contributed by atoms with Crippen LogP contribution in [0, 0.1) is 0 Å². The van der Waals surface area contributed by atoms with E-state index in [9.17, 15) is 9.59 Å². The van der Waals surface area contributed by atoms with Gasteiger partial charge in [0.15, 0.2) is 0 Å². The Morgan fingerprint density at radius 2 is 1.59 bits per heavy atom. The van der Waals surface area contributed by atoms with E-state index in [1.54, 1.807) is 42.5 Å². The van der Waals surface area contributed by atoms with Gasteiger partial charge in [-0.3, -0.25) is 9.69 Å². The molecule has 41 heavy (non-hydrogen) atoms. The zero-order valence-corrected chi connectivity index (χ0v) is 23.7. The quantitative estimate of drug-likeness (QED) is 0.212. The Labute approximate surface area is 247 Å². The highest BCUT2D eigenvalue weighted by Crippen LogP contribution is 2.31. The first-order valence-electron chi connectivity index (χ1n) is 13.4. The minimum absolute atomic E-state index is 0.297. The first-order chi connectivity index (χ1) is 19.9. The summed E-state index contributed by atoms with van der Waals surface area (Å²) in [4.78, 5) is 30.4. The Kier molecular flexibility index (Phi) is 7.79. The summed E-state index contributed by atoms with van der Waals surface area (Å²) in [5.41, 5.74) is 4.17. The standard InChI is InChI=1S/C33H27Cl2N3O3/c34-28-10-3-1-7-25(28)21-37-14-16-38(17-15-37)30-13-12-26(20-29(30)35)36-32(39)24-9-5-8-22(18-24)27-19-23-6-2-4-11-31(23)41-33(27)40/h1-13,18-20H,14-17,21H2,(H,36,39).